The Labute approximate surface area is 94.4 Å². The van der Waals surface area contributed by atoms with Crippen molar-refractivity contribution < 1.29 is 14.9 Å². The molecule has 1 aliphatic heterocycles. The minimum atomic E-state index is 0.250. The second-order valence-corrected chi connectivity index (χ2v) is 2.78. The minimum Gasteiger partial charge on any atom is -0.400 e. The van der Waals surface area contributed by atoms with Crippen LogP contribution in [-0.4, -0.2) is 43.7 Å². The molecule has 0 amide bonds. The maximum Gasteiger partial charge on any atom is 0.0466 e. The van der Waals surface area contributed by atoms with Gasteiger partial charge in [0.1, 0.15) is 0 Å². The van der Waals surface area contributed by atoms with Crippen molar-refractivity contribution in [1.29, 1.82) is 0 Å². The second-order valence-electron chi connectivity index (χ2n) is 2.78. The van der Waals surface area contributed by atoms with E-state index in [9.17, 15) is 0 Å². The smallest absolute Gasteiger partial charge is 0.0466 e. The van der Waals surface area contributed by atoms with Gasteiger partial charge in [-0.1, -0.05) is 13.3 Å². The van der Waals surface area contributed by atoms with Crippen LogP contribution in [0.2, 0.25) is 0 Å². The maximum atomic E-state index is 7.57. The number of aliphatic hydroxyl groups is 2. The molecule has 1 heterocycles. The summed E-state index contributed by atoms with van der Waals surface area (Å²) in [6.07, 6.45) is 4.94. The van der Waals surface area contributed by atoms with Crippen LogP contribution in [0.4, 0.5) is 0 Å². The van der Waals surface area contributed by atoms with Crippen LogP contribution >= 0.6 is 0 Å². The largest absolute Gasteiger partial charge is 0.400 e. The van der Waals surface area contributed by atoms with Crippen LogP contribution in [0.5, 0.6) is 0 Å². The van der Waals surface area contributed by atoms with Crippen molar-refractivity contribution in [2.24, 2.45) is 5.73 Å². The summed E-state index contributed by atoms with van der Waals surface area (Å²) in [7, 11) is 1.00. The van der Waals surface area contributed by atoms with Crippen molar-refractivity contribution in [2.75, 3.05) is 33.5 Å². The summed E-state index contributed by atoms with van der Waals surface area (Å²) in [5, 5.41) is 14.6. The fourth-order valence-corrected chi connectivity index (χ4v) is 0.714. The molecule has 4 heteroatoms. The predicted molar refractivity (Wildman–Crippen MR) is 64.9 cm³/mol. The van der Waals surface area contributed by atoms with E-state index in [0.717, 1.165) is 26.9 Å². The van der Waals surface area contributed by atoms with Gasteiger partial charge in [-0.3, -0.25) is 0 Å². The van der Waals surface area contributed by atoms with Crippen LogP contribution < -0.4 is 5.73 Å². The number of ether oxygens (including phenoxy) is 1. The van der Waals surface area contributed by atoms with E-state index in [2.05, 4.69) is 6.92 Å². The number of hydrogen-bond donors (Lipinski definition) is 3. The SMILES string of the molecule is C1CCOC1.CCCCN.CCO.CO. The summed E-state index contributed by atoms with van der Waals surface area (Å²) in [5.41, 5.74) is 5.14. The lowest BCUT2D eigenvalue weighted by Gasteiger charge is -1.80. The molecule has 4 N–H and O–H groups in total. The lowest BCUT2D eigenvalue weighted by molar-refractivity contribution is 0.198. The van der Waals surface area contributed by atoms with Crippen molar-refractivity contribution in [1.82, 2.24) is 0 Å². The molecule has 0 aromatic heterocycles. The fourth-order valence-electron chi connectivity index (χ4n) is 0.714. The van der Waals surface area contributed by atoms with Gasteiger partial charge < -0.3 is 20.7 Å². The molecule has 1 aliphatic rings. The molecule has 0 bridgehead atoms. The van der Waals surface area contributed by atoms with E-state index >= 15 is 0 Å². The van der Waals surface area contributed by atoms with Gasteiger partial charge in [0, 0.05) is 26.9 Å². The summed E-state index contributed by atoms with van der Waals surface area (Å²) in [6.45, 7) is 6.91. The minimum absolute atomic E-state index is 0.250. The molecule has 96 valence electrons. The maximum absolute atomic E-state index is 7.57. The van der Waals surface area contributed by atoms with Crippen LogP contribution in [0, 0.1) is 0 Å². The second kappa shape index (κ2) is 29.2. The molecule has 0 aromatic carbocycles. The molecule has 0 radical (unpaired) electrons. The molecule has 0 atom stereocenters. The highest BCUT2D eigenvalue weighted by Crippen LogP contribution is 1.98. The van der Waals surface area contributed by atoms with Gasteiger partial charge in [-0.15, -0.1) is 0 Å². The average Bonchev–Trinajstić information content (AvgIpc) is 2.81. The number of aliphatic hydroxyl groups excluding tert-OH is 2. The summed E-state index contributed by atoms with van der Waals surface area (Å²) in [6, 6.07) is 0. The topological polar surface area (TPSA) is 75.7 Å². The van der Waals surface area contributed by atoms with Gasteiger partial charge in [0.2, 0.25) is 0 Å². The first kappa shape index (κ1) is 20.3. The van der Waals surface area contributed by atoms with Gasteiger partial charge in [0.15, 0.2) is 0 Å². The highest BCUT2D eigenvalue weighted by Gasteiger charge is 1.94. The van der Waals surface area contributed by atoms with Crippen molar-refractivity contribution in [2.45, 2.75) is 39.5 Å². The van der Waals surface area contributed by atoms with Crippen LogP contribution in [0.15, 0.2) is 0 Å². The Morgan fingerprint density at radius 1 is 1.13 bits per heavy atom. The zero-order valence-electron chi connectivity index (χ0n) is 10.5. The van der Waals surface area contributed by atoms with E-state index < -0.39 is 0 Å². The third-order valence-electron chi connectivity index (χ3n) is 1.39. The summed E-state index contributed by atoms with van der Waals surface area (Å²) in [4.78, 5) is 0. The lowest BCUT2D eigenvalue weighted by atomic mass is 10.3. The van der Waals surface area contributed by atoms with Crippen LogP contribution in [0.1, 0.15) is 39.5 Å². The third kappa shape index (κ3) is 41.5. The first-order chi connectivity index (χ1) is 7.33. The molecule has 4 nitrogen and oxygen atoms in total. The lowest BCUT2D eigenvalue weighted by Crippen LogP contribution is -1.95. The summed E-state index contributed by atoms with van der Waals surface area (Å²) in [5.74, 6) is 0. The Hall–Kier alpha value is -0.160. The van der Waals surface area contributed by atoms with Gasteiger partial charge in [0.05, 0.1) is 0 Å². The van der Waals surface area contributed by atoms with Crippen LogP contribution in [0.3, 0.4) is 0 Å². The first-order valence-electron chi connectivity index (χ1n) is 5.66. The van der Waals surface area contributed by atoms with Crippen LogP contribution in [0.25, 0.3) is 0 Å². The molecular weight excluding hydrogens is 194 g/mol. The molecular formula is C11H29NO3. The van der Waals surface area contributed by atoms with Gasteiger partial charge in [-0.2, -0.15) is 0 Å². The predicted octanol–water partition coefficient (Wildman–Crippen LogP) is 1.15. The molecule has 0 aromatic rings. The summed E-state index contributed by atoms with van der Waals surface area (Å²) >= 11 is 0. The van der Waals surface area contributed by atoms with Crippen molar-refractivity contribution >= 4 is 0 Å². The monoisotopic (exact) mass is 223 g/mol. The fraction of sp³-hybridized carbons (Fsp3) is 1.00. The number of nitrogens with two attached hydrogens (primary N) is 1. The molecule has 1 saturated heterocycles. The number of hydrogen-bond acceptors (Lipinski definition) is 4. The number of unbranched alkanes of at least 4 members (excludes halogenated alkanes) is 1. The van der Waals surface area contributed by atoms with E-state index in [1.807, 2.05) is 0 Å². The molecule has 0 unspecified atom stereocenters. The van der Waals surface area contributed by atoms with E-state index in [-0.39, 0.29) is 6.61 Å². The Kier molecular flexibility index (Phi) is 39.5. The van der Waals surface area contributed by atoms with E-state index in [1.54, 1.807) is 6.92 Å². The first-order valence-corrected chi connectivity index (χ1v) is 5.66. The zero-order valence-corrected chi connectivity index (χ0v) is 10.5. The normalized spacial score (nSPS) is 12.4. The molecule has 0 spiro atoms. The Morgan fingerprint density at radius 3 is 1.60 bits per heavy atom. The third-order valence-corrected chi connectivity index (χ3v) is 1.39. The van der Waals surface area contributed by atoms with E-state index in [4.69, 9.17) is 20.7 Å². The molecule has 0 saturated carbocycles. The van der Waals surface area contributed by atoms with Crippen molar-refractivity contribution in [3.05, 3.63) is 0 Å². The van der Waals surface area contributed by atoms with Crippen LogP contribution in [-0.2, 0) is 4.74 Å². The Bertz CT molecular complexity index is 59.2. The van der Waals surface area contributed by atoms with Crippen molar-refractivity contribution in [3.8, 4) is 0 Å². The Morgan fingerprint density at radius 2 is 1.53 bits per heavy atom. The van der Waals surface area contributed by atoms with Gasteiger partial charge in [0.25, 0.3) is 0 Å². The quantitative estimate of drug-likeness (QED) is 0.656. The standard InChI is InChI=1S/C4H11N.C4H8O.C2H6O.CH4O/c1-2-3-4-5;1-2-4-5-3-1;1-2-3;1-2/h2-5H2,1H3;1-4H2;3H,2H2,1H3;2H,1H3. The van der Waals surface area contributed by atoms with Gasteiger partial charge >= 0.3 is 0 Å². The molecule has 0 aliphatic carbocycles. The molecule has 15 heavy (non-hydrogen) atoms. The zero-order chi connectivity index (χ0) is 12.4. The summed E-state index contributed by atoms with van der Waals surface area (Å²) < 4.78 is 4.94. The Balaban J connectivity index is -0.000000137. The van der Waals surface area contributed by atoms with E-state index in [1.165, 1.54) is 25.7 Å². The molecule has 1 fully saturated rings. The van der Waals surface area contributed by atoms with Crippen molar-refractivity contribution in [3.63, 3.8) is 0 Å². The highest BCUT2D eigenvalue weighted by molar-refractivity contribution is 4.43. The molecule has 1 rings (SSSR count). The number of rotatable bonds is 2. The van der Waals surface area contributed by atoms with E-state index in [0.29, 0.717) is 0 Å². The highest BCUT2D eigenvalue weighted by atomic mass is 16.5. The average molecular weight is 223 g/mol. The van der Waals surface area contributed by atoms with Gasteiger partial charge in [-0.25, -0.2) is 0 Å². The van der Waals surface area contributed by atoms with Gasteiger partial charge in [-0.05, 0) is 32.7 Å².